The van der Waals surface area contributed by atoms with Crippen LogP contribution in [0.3, 0.4) is 0 Å². The normalized spacial score (nSPS) is 16.2. The first-order chi connectivity index (χ1) is 16.1. The molecule has 1 fully saturated rings. The Bertz CT molecular complexity index is 1390. The van der Waals surface area contributed by atoms with Gasteiger partial charge in [0.1, 0.15) is 5.82 Å². The largest absolute Gasteiger partial charge is 0.341 e. The summed E-state index contributed by atoms with van der Waals surface area (Å²) in [6, 6.07) is 16.5. The van der Waals surface area contributed by atoms with Gasteiger partial charge in [-0.15, -0.1) is 0 Å². The van der Waals surface area contributed by atoms with Crippen molar-refractivity contribution < 1.29 is 0 Å². The smallest absolute Gasteiger partial charge is 0.282 e. The van der Waals surface area contributed by atoms with E-state index in [2.05, 4.69) is 49.6 Å². The molecule has 0 unspecified atom stereocenters. The second-order valence-electron chi connectivity index (χ2n) is 9.33. The van der Waals surface area contributed by atoms with E-state index in [9.17, 15) is 4.79 Å². The van der Waals surface area contributed by atoms with Crippen LogP contribution in [0.5, 0.6) is 0 Å². The van der Waals surface area contributed by atoms with Gasteiger partial charge in [-0.25, -0.2) is 4.98 Å². The Hall–Kier alpha value is -3.21. The summed E-state index contributed by atoms with van der Waals surface area (Å²) in [5, 5.41) is 6.60. The fourth-order valence-electron chi connectivity index (χ4n) is 5.32. The second-order valence-corrected chi connectivity index (χ2v) is 9.33. The number of para-hydroxylation sites is 2. The first-order valence-electron chi connectivity index (χ1n) is 12.3. The minimum atomic E-state index is -0.0826. The maximum Gasteiger partial charge on any atom is 0.282 e. The molecule has 1 atom stereocenters. The van der Waals surface area contributed by atoms with E-state index in [-0.39, 0.29) is 11.5 Å². The van der Waals surface area contributed by atoms with Gasteiger partial charge in [-0.2, -0.15) is 9.78 Å². The number of fused-ring (bicyclic) bond motifs is 2. The maximum absolute atomic E-state index is 13.5. The number of aromatic nitrogens is 3. The topological polar surface area (TPSA) is 52.2 Å². The third-order valence-electron chi connectivity index (χ3n) is 7.29. The highest BCUT2D eigenvalue weighted by atomic mass is 16.1. The van der Waals surface area contributed by atoms with Gasteiger partial charge in [0, 0.05) is 34.1 Å². The molecule has 0 radical (unpaired) electrons. The Morgan fingerprint density at radius 2 is 1.76 bits per heavy atom. The fraction of sp³-hybridized carbons (Fsp3) is 0.393. The fourth-order valence-corrected chi connectivity index (χ4v) is 5.32. The van der Waals surface area contributed by atoms with Gasteiger partial charge in [-0.3, -0.25) is 4.79 Å². The van der Waals surface area contributed by atoms with Crippen molar-refractivity contribution in [3.63, 3.8) is 0 Å². The van der Waals surface area contributed by atoms with E-state index in [1.165, 1.54) is 35.9 Å². The van der Waals surface area contributed by atoms with Crippen molar-refractivity contribution in [2.75, 3.05) is 0 Å². The molecule has 2 heterocycles. The summed E-state index contributed by atoms with van der Waals surface area (Å²) < 4.78 is 3.97. The number of benzene rings is 2. The molecule has 2 aromatic carbocycles. The Labute approximate surface area is 194 Å². The zero-order valence-corrected chi connectivity index (χ0v) is 19.8. The molecule has 0 saturated heterocycles. The first-order valence-corrected chi connectivity index (χ1v) is 12.3. The Kier molecular flexibility index (Phi) is 5.88. The maximum atomic E-state index is 13.5. The van der Waals surface area contributed by atoms with Crippen molar-refractivity contribution >= 4 is 28.0 Å². The summed E-state index contributed by atoms with van der Waals surface area (Å²) in [7, 11) is 0. The second kappa shape index (κ2) is 8.97. The molecule has 1 aliphatic carbocycles. The van der Waals surface area contributed by atoms with E-state index in [0.29, 0.717) is 11.4 Å². The molecule has 170 valence electrons. The van der Waals surface area contributed by atoms with Gasteiger partial charge in [-0.1, -0.05) is 56.5 Å². The molecule has 4 aromatic rings. The van der Waals surface area contributed by atoms with Crippen LogP contribution in [0, 0.1) is 6.92 Å². The first kappa shape index (κ1) is 21.6. The zero-order valence-electron chi connectivity index (χ0n) is 19.8. The van der Waals surface area contributed by atoms with Gasteiger partial charge in [0.05, 0.1) is 17.1 Å². The summed E-state index contributed by atoms with van der Waals surface area (Å²) in [4.78, 5) is 18.5. The zero-order chi connectivity index (χ0) is 22.9. The van der Waals surface area contributed by atoms with Crippen molar-refractivity contribution in [1.29, 1.82) is 0 Å². The summed E-state index contributed by atoms with van der Waals surface area (Å²) in [6.45, 7) is 6.61. The van der Waals surface area contributed by atoms with Crippen molar-refractivity contribution in [3.8, 4) is 0 Å². The van der Waals surface area contributed by atoms with Gasteiger partial charge >= 0.3 is 0 Å². The van der Waals surface area contributed by atoms with Crippen molar-refractivity contribution in [2.45, 2.75) is 71.3 Å². The highest BCUT2D eigenvalue weighted by Crippen LogP contribution is 2.32. The monoisotopic (exact) mass is 440 g/mol. The van der Waals surface area contributed by atoms with Crippen molar-refractivity contribution in [2.24, 2.45) is 5.10 Å². The van der Waals surface area contributed by atoms with Crippen LogP contribution in [0.2, 0.25) is 0 Å². The highest BCUT2D eigenvalue weighted by molar-refractivity contribution is 6.01. The summed E-state index contributed by atoms with van der Waals surface area (Å²) in [6.07, 6.45) is 8.67. The van der Waals surface area contributed by atoms with Gasteiger partial charge in [0.15, 0.2) is 0 Å². The predicted molar refractivity (Wildman–Crippen MR) is 136 cm³/mol. The lowest BCUT2D eigenvalue weighted by atomic mass is 9.88. The number of hydrogen-bond donors (Lipinski definition) is 0. The number of hydrogen-bond acceptors (Lipinski definition) is 3. The lowest BCUT2D eigenvalue weighted by molar-refractivity contribution is 0.416. The Morgan fingerprint density at radius 1 is 1.06 bits per heavy atom. The average Bonchev–Trinajstić information content (AvgIpc) is 3.14. The quantitative estimate of drug-likeness (QED) is 0.330. The molecule has 0 spiro atoms. The molecule has 2 aromatic heterocycles. The third kappa shape index (κ3) is 3.79. The number of rotatable bonds is 5. The Morgan fingerprint density at radius 3 is 2.52 bits per heavy atom. The van der Waals surface area contributed by atoms with Crippen LogP contribution in [-0.2, 0) is 0 Å². The van der Waals surface area contributed by atoms with Gasteiger partial charge in [0.25, 0.3) is 5.56 Å². The molecular weight excluding hydrogens is 408 g/mol. The molecule has 0 bridgehead atoms. The molecule has 1 saturated carbocycles. The van der Waals surface area contributed by atoms with Crippen LogP contribution in [0.1, 0.15) is 81.4 Å². The molecule has 0 amide bonds. The van der Waals surface area contributed by atoms with E-state index in [4.69, 9.17) is 10.1 Å². The van der Waals surface area contributed by atoms with Crippen LogP contribution in [0.4, 0.5) is 0 Å². The standard InChI is InChI=1S/C28H32N4O/c1-4-19(2)31-20(3)24(22-14-9-11-17-26(22)31)18-29-32-27(21-12-6-5-7-13-21)30-25-16-10-8-15-23(25)28(32)33/h8-11,14-19,21H,4-7,12-13H2,1-3H3/t19-/m1/s1. The van der Waals surface area contributed by atoms with Crippen LogP contribution in [0.15, 0.2) is 58.4 Å². The van der Waals surface area contributed by atoms with Gasteiger partial charge < -0.3 is 4.57 Å². The highest BCUT2D eigenvalue weighted by Gasteiger charge is 2.23. The lowest BCUT2D eigenvalue weighted by Crippen LogP contribution is -2.25. The van der Waals surface area contributed by atoms with Crippen LogP contribution in [-0.4, -0.2) is 20.4 Å². The average molecular weight is 441 g/mol. The molecule has 5 heteroatoms. The van der Waals surface area contributed by atoms with E-state index in [1.807, 2.05) is 30.5 Å². The SMILES string of the molecule is CC[C@@H](C)n1c(C)c(C=Nn2c(C3CCCCC3)nc3ccccc3c2=O)c2ccccc21. The van der Waals surface area contributed by atoms with Crippen molar-refractivity contribution in [1.82, 2.24) is 14.2 Å². The van der Waals surface area contributed by atoms with E-state index in [1.54, 1.807) is 4.68 Å². The Balaban J connectivity index is 1.69. The molecule has 1 aliphatic rings. The minimum Gasteiger partial charge on any atom is -0.341 e. The third-order valence-corrected chi connectivity index (χ3v) is 7.29. The molecule has 0 aliphatic heterocycles. The van der Waals surface area contributed by atoms with E-state index in [0.717, 1.165) is 36.2 Å². The summed E-state index contributed by atoms with van der Waals surface area (Å²) in [5.41, 5.74) is 4.14. The van der Waals surface area contributed by atoms with E-state index >= 15 is 0 Å². The summed E-state index contributed by atoms with van der Waals surface area (Å²) >= 11 is 0. The molecule has 5 rings (SSSR count). The van der Waals surface area contributed by atoms with Crippen molar-refractivity contribution in [3.05, 3.63) is 76.0 Å². The lowest BCUT2D eigenvalue weighted by Gasteiger charge is -2.22. The summed E-state index contributed by atoms with van der Waals surface area (Å²) in [5.74, 6) is 1.08. The van der Waals surface area contributed by atoms with Gasteiger partial charge in [0.2, 0.25) is 0 Å². The molecular formula is C28H32N4O. The van der Waals surface area contributed by atoms with Crippen LogP contribution in [0.25, 0.3) is 21.8 Å². The number of nitrogens with zero attached hydrogens (tertiary/aromatic N) is 4. The van der Waals surface area contributed by atoms with Crippen LogP contribution < -0.4 is 5.56 Å². The van der Waals surface area contributed by atoms with E-state index < -0.39 is 0 Å². The predicted octanol–water partition coefficient (Wildman–Crippen LogP) is 6.56. The molecule has 33 heavy (non-hydrogen) atoms. The molecule has 0 N–H and O–H groups in total. The van der Waals surface area contributed by atoms with Crippen LogP contribution >= 0.6 is 0 Å². The van der Waals surface area contributed by atoms with Gasteiger partial charge in [-0.05, 0) is 51.3 Å². The molecule has 5 nitrogen and oxygen atoms in total. The minimum absolute atomic E-state index is 0.0826.